The lowest BCUT2D eigenvalue weighted by atomic mass is 9.90. The molecule has 5 rings (SSSR count). The first-order valence-corrected chi connectivity index (χ1v) is 11.6. The molecule has 9 nitrogen and oxygen atoms in total. The van der Waals surface area contributed by atoms with Crippen LogP contribution in [0.5, 0.6) is 0 Å². The topological polar surface area (TPSA) is 116 Å². The molecule has 1 aliphatic heterocycles. The normalized spacial score (nSPS) is 18.6. The predicted molar refractivity (Wildman–Crippen MR) is 130 cm³/mol. The first kappa shape index (κ1) is 23.0. The Balaban J connectivity index is 1.37. The molecule has 5 heterocycles. The fourth-order valence-electron chi connectivity index (χ4n) is 4.30. The number of amides is 1. The van der Waals surface area contributed by atoms with Crippen molar-refractivity contribution in [2.45, 2.75) is 51.6 Å². The lowest BCUT2D eigenvalue weighted by Gasteiger charge is -2.36. The second-order valence-corrected chi connectivity index (χ2v) is 9.58. The van der Waals surface area contributed by atoms with Gasteiger partial charge in [-0.3, -0.25) is 9.78 Å². The molecular weight excluding hydrogens is 447 g/mol. The number of carbonyl (C=O) groups is 1. The van der Waals surface area contributed by atoms with Gasteiger partial charge in [-0.1, -0.05) is 0 Å². The van der Waals surface area contributed by atoms with Gasteiger partial charge < -0.3 is 15.2 Å². The van der Waals surface area contributed by atoms with E-state index in [1.54, 1.807) is 35.8 Å². The van der Waals surface area contributed by atoms with Crippen LogP contribution in [-0.4, -0.2) is 47.5 Å². The summed E-state index contributed by atoms with van der Waals surface area (Å²) in [5.41, 5.74) is 9.01. The van der Waals surface area contributed by atoms with Crippen LogP contribution in [0.2, 0.25) is 0 Å². The number of rotatable bonds is 5. The minimum atomic E-state index is -0.628. The highest BCUT2D eigenvalue weighted by Crippen LogP contribution is 2.26. The number of aromatic nitrogens is 6. The molecule has 4 aromatic heterocycles. The Labute approximate surface area is 202 Å². The molecule has 2 N–H and O–H groups in total. The van der Waals surface area contributed by atoms with E-state index in [1.165, 1.54) is 0 Å². The fourth-order valence-corrected chi connectivity index (χ4v) is 4.30. The number of piperidine rings is 1. The van der Waals surface area contributed by atoms with Crippen molar-refractivity contribution in [3.05, 3.63) is 60.5 Å². The average Bonchev–Trinajstić information content (AvgIpc) is 3.25. The molecule has 1 amide bonds. The molecular formula is C25H27FN8O. The fraction of sp³-hybridized carbons (Fsp3) is 0.360. The molecule has 1 atom stereocenters. The molecule has 0 bridgehead atoms. The zero-order valence-corrected chi connectivity index (χ0v) is 19.9. The van der Waals surface area contributed by atoms with Gasteiger partial charge in [-0.25, -0.2) is 19.9 Å². The van der Waals surface area contributed by atoms with Crippen molar-refractivity contribution in [2.24, 2.45) is 5.73 Å². The zero-order valence-electron chi connectivity index (χ0n) is 19.9. The summed E-state index contributed by atoms with van der Waals surface area (Å²) in [6, 6.07) is 7.37. The van der Waals surface area contributed by atoms with Gasteiger partial charge in [0.05, 0.1) is 41.5 Å². The Hall–Kier alpha value is -3.79. The van der Waals surface area contributed by atoms with E-state index in [9.17, 15) is 9.18 Å². The van der Waals surface area contributed by atoms with Gasteiger partial charge in [0, 0.05) is 36.4 Å². The number of hydrogen-bond acceptors (Lipinski definition) is 7. The van der Waals surface area contributed by atoms with Gasteiger partial charge in [0.2, 0.25) is 11.9 Å². The van der Waals surface area contributed by atoms with Gasteiger partial charge in [0.25, 0.3) is 0 Å². The van der Waals surface area contributed by atoms with Crippen LogP contribution < -0.4 is 10.6 Å². The Bertz CT molecular complexity index is 1400. The lowest BCUT2D eigenvalue weighted by Crippen LogP contribution is -2.51. The van der Waals surface area contributed by atoms with Gasteiger partial charge in [0.1, 0.15) is 11.3 Å². The van der Waals surface area contributed by atoms with Gasteiger partial charge >= 0.3 is 0 Å². The molecule has 0 saturated carbocycles. The summed E-state index contributed by atoms with van der Waals surface area (Å²) in [5.74, 6) is -0.0887. The van der Waals surface area contributed by atoms with E-state index in [0.717, 1.165) is 17.8 Å². The maximum atomic E-state index is 14.6. The van der Waals surface area contributed by atoms with Crippen molar-refractivity contribution < 1.29 is 9.18 Å². The van der Waals surface area contributed by atoms with Crippen molar-refractivity contribution in [1.29, 1.82) is 0 Å². The zero-order chi connectivity index (χ0) is 24.7. The minimum Gasteiger partial charge on any atom is -0.328 e. The van der Waals surface area contributed by atoms with Gasteiger partial charge in [0.15, 0.2) is 0 Å². The monoisotopic (exact) mass is 474 g/mol. The molecule has 0 radical (unpaired) electrons. The van der Waals surface area contributed by atoms with Crippen molar-refractivity contribution in [3.8, 4) is 11.4 Å². The standard InChI is InChI=1S/C25H27FN8O/c1-15(2)34-14-30-23-20(34)11-19(32-24(23)26)18-6-8-28-21(31-18)10-16-4-5-17(13-29-16)33-9-7-25(3,27)12-22(33)35/h4-6,8,11,13-15H,7,9-10,12,27H2,1-3H3. The minimum absolute atomic E-state index is 0.00217. The van der Waals surface area contributed by atoms with Gasteiger partial charge in [-0.15, -0.1) is 0 Å². The third-order valence-electron chi connectivity index (χ3n) is 6.27. The predicted octanol–water partition coefficient (Wildman–Crippen LogP) is 3.44. The quantitative estimate of drug-likeness (QED) is 0.441. The molecule has 1 aliphatic rings. The van der Waals surface area contributed by atoms with Crippen molar-refractivity contribution in [1.82, 2.24) is 29.5 Å². The highest BCUT2D eigenvalue weighted by atomic mass is 19.1. The van der Waals surface area contributed by atoms with E-state index in [2.05, 4.69) is 24.9 Å². The summed E-state index contributed by atoms with van der Waals surface area (Å²) < 4.78 is 16.5. The number of anilines is 1. The first-order valence-electron chi connectivity index (χ1n) is 11.6. The summed E-state index contributed by atoms with van der Waals surface area (Å²) in [6.07, 6.45) is 6.38. The molecule has 0 aromatic carbocycles. The highest BCUT2D eigenvalue weighted by molar-refractivity contribution is 5.94. The summed E-state index contributed by atoms with van der Waals surface area (Å²) in [6.45, 7) is 6.49. The Morgan fingerprint density at radius 1 is 1.14 bits per heavy atom. The van der Waals surface area contributed by atoms with Crippen LogP contribution in [0, 0.1) is 5.95 Å². The molecule has 180 valence electrons. The summed E-state index contributed by atoms with van der Waals surface area (Å²) >= 11 is 0. The van der Waals surface area contributed by atoms with E-state index in [1.807, 2.05) is 37.5 Å². The number of halogens is 1. The molecule has 0 aliphatic carbocycles. The van der Waals surface area contributed by atoms with Crippen LogP contribution in [-0.2, 0) is 11.2 Å². The number of nitrogens with zero attached hydrogens (tertiary/aromatic N) is 7. The SMILES string of the molecule is CC(C)n1cnc2c(F)nc(-c3ccnc(Cc4ccc(N5CCC(C)(N)CC5=O)cn4)n3)cc21. The smallest absolute Gasteiger partial charge is 0.241 e. The van der Waals surface area contributed by atoms with E-state index in [0.29, 0.717) is 42.1 Å². The van der Waals surface area contributed by atoms with Gasteiger partial charge in [-0.2, -0.15) is 4.39 Å². The van der Waals surface area contributed by atoms with E-state index in [-0.39, 0.29) is 17.5 Å². The maximum Gasteiger partial charge on any atom is 0.241 e. The lowest BCUT2D eigenvalue weighted by molar-refractivity contribution is -0.120. The van der Waals surface area contributed by atoms with Crippen molar-refractivity contribution in [2.75, 3.05) is 11.4 Å². The third kappa shape index (κ3) is 4.61. The molecule has 4 aromatic rings. The van der Waals surface area contributed by atoms with Crippen molar-refractivity contribution in [3.63, 3.8) is 0 Å². The highest BCUT2D eigenvalue weighted by Gasteiger charge is 2.32. The molecule has 35 heavy (non-hydrogen) atoms. The van der Waals surface area contributed by atoms with Crippen LogP contribution in [0.4, 0.5) is 10.1 Å². The molecule has 1 saturated heterocycles. The maximum absolute atomic E-state index is 14.6. The number of hydrogen-bond donors (Lipinski definition) is 1. The van der Waals surface area contributed by atoms with Gasteiger partial charge in [-0.05, 0) is 51.5 Å². The molecule has 10 heteroatoms. The van der Waals surface area contributed by atoms with Crippen LogP contribution >= 0.6 is 0 Å². The van der Waals surface area contributed by atoms with E-state index in [4.69, 9.17) is 5.73 Å². The van der Waals surface area contributed by atoms with Crippen molar-refractivity contribution >= 4 is 22.6 Å². The molecule has 1 fully saturated rings. The number of nitrogens with two attached hydrogens (primary N) is 1. The van der Waals surface area contributed by atoms with Crippen LogP contribution in [0.25, 0.3) is 22.4 Å². The Morgan fingerprint density at radius 2 is 1.97 bits per heavy atom. The molecule has 0 spiro atoms. The first-order chi connectivity index (χ1) is 16.7. The number of pyridine rings is 2. The van der Waals surface area contributed by atoms with Crippen LogP contribution in [0.1, 0.15) is 51.2 Å². The average molecular weight is 475 g/mol. The summed E-state index contributed by atoms with van der Waals surface area (Å²) in [4.78, 5) is 35.9. The van der Waals surface area contributed by atoms with E-state index < -0.39 is 11.5 Å². The Morgan fingerprint density at radius 3 is 2.69 bits per heavy atom. The number of carbonyl (C=O) groups excluding carboxylic acids is 1. The molecule has 1 unspecified atom stereocenters. The number of imidazole rings is 1. The Kier molecular flexibility index (Phi) is 5.76. The summed E-state index contributed by atoms with van der Waals surface area (Å²) in [5, 5.41) is 0. The number of fused-ring (bicyclic) bond motifs is 1. The van der Waals surface area contributed by atoms with Crippen LogP contribution in [0.3, 0.4) is 0 Å². The van der Waals surface area contributed by atoms with E-state index >= 15 is 0 Å². The third-order valence-corrected chi connectivity index (χ3v) is 6.27. The summed E-state index contributed by atoms with van der Waals surface area (Å²) in [7, 11) is 0. The van der Waals surface area contributed by atoms with Crippen LogP contribution in [0.15, 0.2) is 43.0 Å². The second-order valence-electron chi connectivity index (χ2n) is 9.58. The largest absolute Gasteiger partial charge is 0.328 e. The second kappa shape index (κ2) is 8.77.